The van der Waals surface area contributed by atoms with Crippen molar-refractivity contribution < 1.29 is 13.9 Å². The van der Waals surface area contributed by atoms with E-state index < -0.39 is 0 Å². The number of hydrogen-bond donors (Lipinski definition) is 1. The molecule has 0 unspecified atom stereocenters. The molecule has 5 heteroatoms. The molecule has 0 spiro atoms. The molecule has 0 radical (unpaired) electrons. The highest BCUT2D eigenvalue weighted by atomic mass is 16.5. The Morgan fingerprint density at radius 3 is 2.77 bits per heavy atom. The van der Waals surface area contributed by atoms with E-state index in [9.17, 15) is 4.79 Å². The number of benzene rings is 1. The molecule has 0 amide bonds. The summed E-state index contributed by atoms with van der Waals surface area (Å²) in [6, 6.07) is 3.88. The summed E-state index contributed by atoms with van der Waals surface area (Å²) >= 11 is 0. The van der Waals surface area contributed by atoms with Crippen LogP contribution in [0.1, 0.15) is 16.7 Å². The molecular formula is C17H21NO4. The summed E-state index contributed by atoms with van der Waals surface area (Å²) in [5.41, 5.74) is 2.78. The Morgan fingerprint density at radius 2 is 2.05 bits per heavy atom. The van der Waals surface area contributed by atoms with Gasteiger partial charge in [0.05, 0.1) is 6.61 Å². The molecule has 1 atom stereocenters. The van der Waals surface area contributed by atoms with Crippen LogP contribution in [0.15, 0.2) is 21.3 Å². The van der Waals surface area contributed by atoms with Crippen LogP contribution in [0.4, 0.5) is 0 Å². The summed E-state index contributed by atoms with van der Waals surface area (Å²) in [6.45, 7) is 8.50. The summed E-state index contributed by atoms with van der Waals surface area (Å²) in [7, 11) is 0. The van der Waals surface area contributed by atoms with E-state index in [0.717, 1.165) is 35.4 Å². The predicted molar refractivity (Wildman–Crippen MR) is 84.8 cm³/mol. The zero-order valence-electron chi connectivity index (χ0n) is 13.2. The van der Waals surface area contributed by atoms with Gasteiger partial charge in [-0.2, -0.15) is 0 Å². The monoisotopic (exact) mass is 303 g/mol. The Morgan fingerprint density at radius 1 is 1.23 bits per heavy atom. The van der Waals surface area contributed by atoms with E-state index in [2.05, 4.69) is 5.32 Å². The number of aryl methyl sites for hydroxylation is 2. The van der Waals surface area contributed by atoms with Crippen LogP contribution in [0.3, 0.4) is 0 Å². The van der Waals surface area contributed by atoms with E-state index >= 15 is 0 Å². The maximum atomic E-state index is 11.9. The Hall–Kier alpha value is -1.85. The smallest absolute Gasteiger partial charge is 0.339 e. The number of nitrogens with one attached hydrogen (secondary N) is 1. The van der Waals surface area contributed by atoms with Crippen LogP contribution in [-0.4, -0.2) is 32.4 Å². The van der Waals surface area contributed by atoms with E-state index in [1.807, 2.05) is 26.0 Å². The van der Waals surface area contributed by atoms with Gasteiger partial charge in [0.15, 0.2) is 0 Å². The molecule has 1 saturated heterocycles. The lowest BCUT2D eigenvalue weighted by atomic mass is 10.0. The Balaban J connectivity index is 1.89. The van der Waals surface area contributed by atoms with Crippen molar-refractivity contribution in [1.82, 2.24) is 5.32 Å². The third-order valence-electron chi connectivity index (χ3n) is 4.25. The maximum Gasteiger partial charge on any atom is 0.339 e. The van der Waals surface area contributed by atoms with Gasteiger partial charge in [0, 0.05) is 29.6 Å². The minimum absolute atomic E-state index is 0.0515. The summed E-state index contributed by atoms with van der Waals surface area (Å²) in [5.74, 6) is 0.730. The highest BCUT2D eigenvalue weighted by Crippen LogP contribution is 2.29. The molecule has 1 aromatic carbocycles. The number of rotatable bonds is 3. The molecule has 0 bridgehead atoms. The third-order valence-corrected chi connectivity index (χ3v) is 4.25. The average molecular weight is 303 g/mol. The quantitative estimate of drug-likeness (QED) is 0.880. The van der Waals surface area contributed by atoms with E-state index in [-0.39, 0.29) is 11.7 Å². The Bertz CT molecular complexity index is 744. The molecule has 1 aliphatic rings. The van der Waals surface area contributed by atoms with E-state index in [1.54, 1.807) is 6.92 Å². The van der Waals surface area contributed by atoms with Crippen molar-refractivity contribution in [3.63, 3.8) is 0 Å². The minimum atomic E-state index is -0.287. The number of fused-ring (bicyclic) bond motifs is 1. The zero-order valence-corrected chi connectivity index (χ0v) is 13.2. The number of morpholine rings is 1. The Kier molecular flexibility index (Phi) is 4.18. The molecule has 118 valence electrons. The van der Waals surface area contributed by atoms with Crippen molar-refractivity contribution in [2.45, 2.75) is 26.9 Å². The van der Waals surface area contributed by atoms with Crippen molar-refractivity contribution in [3.05, 3.63) is 39.2 Å². The zero-order chi connectivity index (χ0) is 15.7. The van der Waals surface area contributed by atoms with E-state index in [4.69, 9.17) is 13.9 Å². The van der Waals surface area contributed by atoms with Gasteiger partial charge in [0.2, 0.25) is 0 Å². The second-order valence-electron chi connectivity index (χ2n) is 5.71. The van der Waals surface area contributed by atoms with Gasteiger partial charge in [0.25, 0.3) is 0 Å². The topological polar surface area (TPSA) is 60.7 Å². The maximum absolute atomic E-state index is 11.9. The molecule has 1 fully saturated rings. The minimum Gasteiger partial charge on any atom is -0.490 e. The van der Waals surface area contributed by atoms with Crippen molar-refractivity contribution in [2.75, 3.05) is 26.3 Å². The molecule has 3 rings (SSSR count). The van der Waals surface area contributed by atoms with Gasteiger partial charge >= 0.3 is 5.63 Å². The number of ether oxygens (including phenoxy) is 2. The first kappa shape index (κ1) is 15.1. The fraction of sp³-hybridized carbons (Fsp3) is 0.471. The molecule has 1 aromatic heterocycles. The lowest BCUT2D eigenvalue weighted by molar-refractivity contribution is 0.0000792. The summed E-state index contributed by atoms with van der Waals surface area (Å²) < 4.78 is 16.9. The number of hydrogen-bond acceptors (Lipinski definition) is 5. The van der Waals surface area contributed by atoms with Crippen LogP contribution in [0.25, 0.3) is 11.0 Å². The first-order chi connectivity index (χ1) is 10.6. The average Bonchev–Trinajstić information content (AvgIpc) is 2.54. The van der Waals surface area contributed by atoms with Gasteiger partial charge in [-0.1, -0.05) is 0 Å². The SMILES string of the molecule is Cc1c(C)c2ccc(OC[C@H]3CNCCO3)c(C)c2oc1=O. The van der Waals surface area contributed by atoms with Gasteiger partial charge in [-0.05, 0) is 38.5 Å². The van der Waals surface area contributed by atoms with E-state index in [0.29, 0.717) is 24.4 Å². The molecule has 2 aromatic rings. The molecule has 1 aliphatic heterocycles. The summed E-state index contributed by atoms with van der Waals surface area (Å²) in [6.07, 6.45) is 0.0515. The molecule has 0 saturated carbocycles. The van der Waals surface area contributed by atoms with E-state index in [1.165, 1.54) is 0 Å². The molecule has 5 nitrogen and oxygen atoms in total. The summed E-state index contributed by atoms with van der Waals surface area (Å²) in [4.78, 5) is 11.9. The largest absolute Gasteiger partial charge is 0.490 e. The van der Waals surface area contributed by atoms with Gasteiger partial charge in [-0.3, -0.25) is 0 Å². The normalized spacial score (nSPS) is 18.6. The lowest BCUT2D eigenvalue weighted by Gasteiger charge is -2.24. The molecule has 1 N–H and O–H groups in total. The lowest BCUT2D eigenvalue weighted by Crippen LogP contribution is -2.41. The highest BCUT2D eigenvalue weighted by Gasteiger charge is 2.16. The first-order valence-corrected chi connectivity index (χ1v) is 7.56. The molecule has 22 heavy (non-hydrogen) atoms. The van der Waals surface area contributed by atoms with Crippen LogP contribution >= 0.6 is 0 Å². The fourth-order valence-corrected chi connectivity index (χ4v) is 2.69. The van der Waals surface area contributed by atoms with Crippen LogP contribution < -0.4 is 15.7 Å². The van der Waals surface area contributed by atoms with Gasteiger partial charge in [0.1, 0.15) is 24.0 Å². The van der Waals surface area contributed by atoms with Gasteiger partial charge in [-0.15, -0.1) is 0 Å². The highest BCUT2D eigenvalue weighted by molar-refractivity contribution is 5.85. The standard InChI is InChI=1S/C17H21NO4/c1-10-11(2)17(19)22-16-12(3)15(5-4-14(10)16)21-9-13-8-18-6-7-20-13/h4-5,13,18H,6-9H2,1-3H3/t13-/m1/s1. The van der Waals surface area contributed by atoms with Crippen molar-refractivity contribution in [1.29, 1.82) is 0 Å². The van der Waals surface area contributed by atoms with Crippen molar-refractivity contribution >= 4 is 11.0 Å². The van der Waals surface area contributed by atoms with Crippen LogP contribution in [-0.2, 0) is 4.74 Å². The van der Waals surface area contributed by atoms with Crippen LogP contribution in [0.2, 0.25) is 0 Å². The van der Waals surface area contributed by atoms with Crippen molar-refractivity contribution in [2.24, 2.45) is 0 Å². The third kappa shape index (κ3) is 2.74. The van der Waals surface area contributed by atoms with Crippen molar-refractivity contribution in [3.8, 4) is 5.75 Å². The molecule has 0 aliphatic carbocycles. The van der Waals surface area contributed by atoms with Gasteiger partial charge < -0.3 is 19.2 Å². The van der Waals surface area contributed by atoms with Gasteiger partial charge in [-0.25, -0.2) is 4.79 Å². The summed E-state index contributed by atoms with van der Waals surface area (Å²) in [5, 5.41) is 4.23. The molecule has 2 heterocycles. The Labute approximate surface area is 129 Å². The predicted octanol–water partition coefficient (Wildman–Crippen LogP) is 2.09. The first-order valence-electron chi connectivity index (χ1n) is 7.56. The molecular weight excluding hydrogens is 282 g/mol. The second kappa shape index (κ2) is 6.10. The fourth-order valence-electron chi connectivity index (χ4n) is 2.69. The second-order valence-corrected chi connectivity index (χ2v) is 5.71. The van der Waals surface area contributed by atoms with Crippen LogP contribution in [0, 0.1) is 20.8 Å². The van der Waals surface area contributed by atoms with Crippen LogP contribution in [0.5, 0.6) is 5.75 Å².